The lowest BCUT2D eigenvalue weighted by Crippen LogP contribution is -2.20. The lowest BCUT2D eigenvalue weighted by Gasteiger charge is -2.34. The molecule has 6 aromatic rings. The summed E-state index contributed by atoms with van der Waals surface area (Å²) in [4.78, 5) is 0. The zero-order chi connectivity index (χ0) is 35.3. The number of benzene rings is 6. The van der Waals surface area contributed by atoms with Gasteiger partial charge in [-0.2, -0.15) is 0 Å². The first-order valence-electron chi connectivity index (χ1n) is 16.6. The molecule has 0 saturated heterocycles. The number of hydrogen-bond donors (Lipinski definition) is 8. The minimum atomic E-state index is -0.693. The quantitative estimate of drug-likeness (QED) is 0.0927. The normalized spacial score (nSPS) is 22.5. The van der Waals surface area contributed by atoms with Crippen LogP contribution >= 0.6 is 0 Å². The highest BCUT2D eigenvalue weighted by atomic mass is 16.5. The first-order chi connectivity index (χ1) is 24.6. The van der Waals surface area contributed by atoms with Crippen molar-refractivity contribution in [1.82, 2.24) is 0 Å². The van der Waals surface area contributed by atoms with Crippen LogP contribution < -0.4 is 4.74 Å². The molecule has 0 unspecified atom stereocenters. The number of fused-ring (bicyclic) bond motifs is 2. The molecule has 1 aliphatic heterocycles. The maximum absolute atomic E-state index is 12.1. The van der Waals surface area contributed by atoms with Crippen molar-refractivity contribution in [3.8, 4) is 51.7 Å². The molecular weight excluding hydrogens is 648 g/mol. The molecule has 9 heteroatoms. The predicted molar refractivity (Wildman–Crippen MR) is 186 cm³/mol. The molecule has 3 aliphatic rings. The van der Waals surface area contributed by atoms with Crippen LogP contribution in [0.25, 0.3) is 0 Å². The van der Waals surface area contributed by atoms with Crippen molar-refractivity contribution in [1.29, 1.82) is 0 Å². The van der Waals surface area contributed by atoms with E-state index in [0.29, 0.717) is 28.0 Å². The third-order valence-corrected chi connectivity index (χ3v) is 10.9. The van der Waals surface area contributed by atoms with Crippen LogP contribution in [0.3, 0.4) is 0 Å². The molecule has 8 N–H and O–H groups in total. The van der Waals surface area contributed by atoms with Gasteiger partial charge in [-0.1, -0.05) is 36.4 Å². The molecule has 1 heterocycles. The molecule has 9 rings (SSSR count). The molecule has 0 bridgehead atoms. The van der Waals surface area contributed by atoms with Crippen LogP contribution in [0.1, 0.15) is 85.8 Å². The van der Waals surface area contributed by atoms with E-state index in [9.17, 15) is 40.9 Å². The van der Waals surface area contributed by atoms with E-state index in [1.807, 2.05) is 12.1 Å². The van der Waals surface area contributed by atoms with E-state index >= 15 is 0 Å². The van der Waals surface area contributed by atoms with Crippen molar-refractivity contribution in [2.75, 3.05) is 0 Å². The number of phenolic OH excluding ortho intramolecular Hbond substituents is 8. The summed E-state index contributed by atoms with van der Waals surface area (Å²) in [7, 11) is 0. The predicted octanol–water partition coefficient (Wildman–Crippen LogP) is 7.76. The second kappa shape index (κ2) is 11.0. The highest BCUT2D eigenvalue weighted by molar-refractivity contribution is 5.72. The molecule has 254 valence electrons. The summed E-state index contributed by atoms with van der Waals surface area (Å²) < 4.78 is 6.70. The van der Waals surface area contributed by atoms with E-state index in [0.717, 1.165) is 27.8 Å². The Morgan fingerprint density at radius 1 is 0.353 bits per heavy atom. The Hall–Kier alpha value is -6.48. The fourth-order valence-corrected chi connectivity index (χ4v) is 9.08. The maximum Gasteiger partial charge on any atom is 0.135 e. The van der Waals surface area contributed by atoms with Crippen LogP contribution in [-0.4, -0.2) is 40.9 Å². The third kappa shape index (κ3) is 4.61. The third-order valence-electron chi connectivity index (χ3n) is 10.9. The first-order valence-corrected chi connectivity index (χ1v) is 16.6. The smallest absolute Gasteiger partial charge is 0.135 e. The van der Waals surface area contributed by atoms with Crippen molar-refractivity contribution in [2.24, 2.45) is 0 Å². The molecule has 0 amide bonds. The van der Waals surface area contributed by atoms with Crippen LogP contribution in [0.5, 0.6) is 51.7 Å². The van der Waals surface area contributed by atoms with Gasteiger partial charge in [-0.3, -0.25) is 0 Å². The Balaban J connectivity index is 1.44. The van der Waals surface area contributed by atoms with Crippen LogP contribution in [0, 0.1) is 0 Å². The minimum absolute atomic E-state index is 0.0537. The summed E-state index contributed by atoms with van der Waals surface area (Å²) in [6.07, 6.45) is -0.693. The Bertz CT molecular complexity index is 2330. The fourth-order valence-electron chi connectivity index (χ4n) is 9.08. The van der Waals surface area contributed by atoms with Gasteiger partial charge in [0.2, 0.25) is 0 Å². The van der Waals surface area contributed by atoms with E-state index in [1.165, 1.54) is 12.1 Å². The average molecular weight is 681 g/mol. The van der Waals surface area contributed by atoms with Crippen LogP contribution in [-0.2, 0) is 0 Å². The fraction of sp³-hybridized carbons (Fsp3) is 0.143. The van der Waals surface area contributed by atoms with Gasteiger partial charge in [-0.05, 0) is 88.0 Å². The Labute approximate surface area is 291 Å². The highest BCUT2D eigenvalue weighted by Gasteiger charge is 2.56. The molecule has 9 nitrogen and oxygen atoms in total. The summed E-state index contributed by atoms with van der Waals surface area (Å²) in [6.45, 7) is 0. The monoisotopic (exact) mass is 680 g/mol. The van der Waals surface area contributed by atoms with Gasteiger partial charge in [0.05, 0.1) is 5.92 Å². The lowest BCUT2D eigenvalue weighted by molar-refractivity contribution is 0.221. The van der Waals surface area contributed by atoms with Gasteiger partial charge in [0.1, 0.15) is 57.8 Å². The van der Waals surface area contributed by atoms with Gasteiger partial charge in [0.15, 0.2) is 0 Å². The number of rotatable bonds is 4. The lowest BCUT2D eigenvalue weighted by atomic mass is 9.69. The molecule has 0 spiro atoms. The first kappa shape index (κ1) is 30.6. The number of aromatic hydroxyl groups is 8. The van der Waals surface area contributed by atoms with Crippen molar-refractivity contribution in [2.45, 2.75) is 35.7 Å². The highest BCUT2D eigenvalue weighted by Crippen LogP contribution is 2.70. The van der Waals surface area contributed by atoms with E-state index in [1.54, 1.807) is 84.9 Å². The Kier molecular flexibility index (Phi) is 6.60. The largest absolute Gasteiger partial charge is 0.508 e. The topological polar surface area (TPSA) is 171 Å². The van der Waals surface area contributed by atoms with Crippen molar-refractivity contribution < 1.29 is 45.6 Å². The van der Waals surface area contributed by atoms with Crippen LogP contribution in [0.15, 0.2) is 109 Å². The molecule has 6 atom stereocenters. The van der Waals surface area contributed by atoms with Crippen LogP contribution in [0.2, 0.25) is 0 Å². The molecule has 6 aromatic carbocycles. The van der Waals surface area contributed by atoms with Gasteiger partial charge in [-0.25, -0.2) is 0 Å². The second-order valence-corrected chi connectivity index (χ2v) is 13.7. The Morgan fingerprint density at radius 3 is 1.47 bits per heavy atom. The molecule has 51 heavy (non-hydrogen) atoms. The summed E-state index contributed by atoms with van der Waals surface area (Å²) in [5.41, 5.74) is 6.00. The summed E-state index contributed by atoms with van der Waals surface area (Å²) in [6, 6.07) is 29.1. The number of ether oxygens (including phenoxy) is 1. The molecule has 0 aromatic heterocycles. The Morgan fingerprint density at radius 2 is 0.863 bits per heavy atom. The SMILES string of the molecule is Oc1ccc([C@@H]2c3c(O)cc(O)cc3[C@@H]3c4c(cc(O)c5c4[C@@H]2[C@@H](c2ccc(O)cc2)[C@H]5c2cc(O)cc(O)c2)O[C@@H]3c2ccc(O)cc2)cc1. The van der Waals surface area contributed by atoms with Crippen molar-refractivity contribution in [3.05, 3.63) is 159 Å². The van der Waals surface area contributed by atoms with Gasteiger partial charge in [0.25, 0.3) is 0 Å². The number of hydrogen-bond acceptors (Lipinski definition) is 9. The minimum Gasteiger partial charge on any atom is -0.508 e. The molecule has 0 fully saturated rings. The van der Waals surface area contributed by atoms with Gasteiger partial charge < -0.3 is 45.6 Å². The maximum atomic E-state index is 12.1. The average Bonchev–Trinajstić information content (AvgIpc) is 3.60. The van der Waals surface area contributed by atoms with Crippen LogP contribution in [0.4, 0.5) is 0 Å². The molecular formula is C42H32O9. The summed E-state index contributed by atoms with van der Waals surface area (Å²) in [5.74, 6) is -3.02. The van der Waals surface area contributed by atoms with E-state index in [-0.39, 0.29) is 46.0 Å². The van der Waals surface area contributed by atoms with Gasteiger partial charge >= 0.3 is 0 Å². The van der Waals surface area contributed by atoms with E-state index in [2.05, 4.69) is 0 Å². The standard InChI is InChI=1S/C42H32O9/c43-23-7-1-19(2-8-23)33-35(22-13-26(46)15-27(47)14-22)38-31(50)18-32-39-37(42(51-32)21-5-11-25(45)12-6-21)29-16-28(48)17-30(49)36(29)34(40(33)41(38)39)20-3-9-24(44)10-4-20/h1-18,33-35,37,40,42-50H/t33-,34+,35+,37+,40+,42+/m0/s1. The van der Waals surface area contributed by atoms with E-state index in [4.69, 9.17) is 4.74 Å². The molecule has 2 aliphatic carbocycles. The number of phenols is 8. The van der Waals surface area contributed by atoms with Crippen molar-refractivity contribution >= 4 is 0 Å². The van der Waals surface area contributed by atoms with E-state index < -0.39 is 35.7 Å². The van der Waals surface area contributed by atoms with Crippen molar-refractivity contribution in [3.63, 3.8) is 0 Å². The zero-order valence-electron chi connectivity index (χ0n) is 26.8. The summed E-state index contributed by atoms with van der Waals surface area (Å²) >= 11 is 0. The summed E-state index contributed by atoms with van der Waals surface area (Å²) in [5, 5.41) is 87.5. The molecule has 0 saturated carbocycles. The molecule has 0 radical (unpaired) electrons. The van der Waals surface area contributed by atoms with Gasteiger partial charge in [0, 0.05) is 58.6 Å². The zero-order valence-corrected chi connectivity index (χ0v) is 26.8. The van der Waals surface area contributed by atoms with Gasteiger partial charge in [-0.15, -0.1) is 0 Å². The second-order valence-electron chi connectivity index (χ2n) is 13.7.